The van der Waals surface area contributed by atoms with E-state index in [1.54, 1.807) is 0 Å². The Bertz CT molecular complexity index is 1880. The van der Waals surface area contributed by atoms with Gasteiger partial charge in [0.2, 0.25) is 0 Å². The molecule has 3 heteroatoms. The third-order valence-electron chi connectivity index (χ3n) is 7.27. The largest absolute Gasteiger partial charge is 0.233 e. The molecule has 0 aliphatic rings. The van der Waals surface area contributed by atoms with Crippen LogP contribution in [0.5, 0.6) is 0 Å². The number of aromatic nitrogens is 2. The van der Waals surface area contributed by atoms with Gasteiger partial charge in [-0.15, -0.1) is 0 Å². The molecule has 0 saturated carbocycles. The lowest BCUT2D eigenvalue weighted by Crippen LogP contribution is -2.22. The van der Waals surface area contributed by atoms with Crippen molar-refractivity contribution < 1.29 is 0 Å². The number of fused-ring (bicyclic) bond motifs is 2. The van der Waals surface area contributed by atoms with E-state index < -0.39 is 7.92 Å². The van der Waals surface area contributed by atoms with Crippen molar-refractivity contribution in [2.24, 2.45) is 0 Å². The van der Waals surface area contributed by atoms with E-state index in [1.165, 1.54) is 37.8 Å². The first-order valence-corrected chi connectivity index (χ1v) is 14.9. The monoisotopic (exact) mass is 530 g/mol. The highest BCUT2D eigenvalue weighted by atomic mass is 31.1. The fraction of sp³-hybridized carbons (Fsp3) is 0.0270. The summed E-state index contributed by atoms with van der Waals surface area (Å²) in [6.45, 7) is 0. The lowest BCUT2D eigenvalue weighted by atomic mass is 9.99. The second-order valence-electron chi connectivity index (χ2n) is 9.86. The van der Waals surface area contributed by atoms with Crippen LogP contribution in [0.1, 0.15) is 11.4 Å². The molecule has 0 fully saturated rings. The SMILES string of the molecule is c1ccc(Cc2nc(-c3c(P(c4ccccc4)c4ccccc4)ccc4ccccc34)c3ccccc3n2)cc1. The Balaban J connectivity index is 1.55. The number of benzene rings is 6. The van der Waals surface area contributed by atoms with Crippen LogP contribution in [0, 0.1) is 0 Å². The summed E-state index contributed by atoms with van der Waals surface area (Å²) in [5.74, 6) is 0.836. The van der Waals surface area contributed by atoms with Crippen LogP contribution in [0.15, 0.2) is 152 Å². The summed E-state index contributed by atoms with van der Waals surface area (Å²) in [6, 6.07) is 54.0. The maximum absolute atomic E-state index is 5.35. The van der Waals surface area contributed by atoms with Crippen LogP contribution < -0.4 is 15.9 Å². The Kier molecular flexibility index (Phi) is 6.61. The summed E-state index contributed by atoms with van der Waals surface area (Å²) >= 11 is 0. The van der Waals surface area contributed by atoms with Gasteiger partial charge in [-0.25, -0.2) is 9.97 Å². The molecule has 40 heavy (non-hydrogen) atoms. The zero-order chi connectivity index (χ0) is 26.7. The molecule has 1 aromatic heterocycles. The first-order chi connectivity index (χ1) is 19.8. The molecule has 2 nitrogen and oxygen atoms in total. The van der Waals surface area contributed by atoms with E-state index in [-0.39, 0.29) is 0 Å². The normalized spacial score (nSPS) is 11.3. The molecule has 7 aromatic rings. The maximum atomic E-state index is 5.35. The molecule has 0 saturated heterocycles. The second-order valence-corrected chi connectivity index (χ2v) is 12.0. The van der Waals surface area contributed by atoms with Crippen molar-refractivity contribution in [2.45, 2.75) is 6.42 Å². The molecule has 0 unspecified atom stereocenters. The average molecular weight is 531 g/mol. The third-order valence-corrected chi connectivity index (χ3v) is 9.75. The topological polar surface area (TPSA) is 25.8 Å². The van der Waals surface area contributed by atoms with Gasteiger partial charge in [0.05, 0.1) is 11.2 Å². The molecule has 0 aliphatic heterocycles. The first kappa shape index (κ1) is 24.4. The highest BCUT2D eigenvalue weighted by Crippen LogP contribution is 2.41. The fourth-order valence-electron chi connectivity index (χ4n) is 5.45. The maximum Gasteiger partial charge on any atom is 0.134 e. The van der Waals surface area contributed by atoms with Crippen LogP contribution in [0.4, 0.5) is 0 Å². The number of nitrogens with zero attached hydrogens (tertiary/aromatic N) is 2. The molecule has 1 heterocycles. The minimum Gasteiger partial charge on any atom is -0.233 e. The lowest BCUT2D eigenvalue weighted by molar-refractivity contribution is 0.997. The molecule has 0 spiro atoms. The molecule has 0 amide bonds. The molecule has 0 aliphatic carbocycles. The van der Waals surface area contributed by atoms with Crippen molar-refractivity contribution in [3.8, 4) is 11.3 Å². The predicted octanol–water partition coefficient (Wildman–Crippen LogP) is 7.80. The summed E-state index contributed by atoms with van der Waals surface area (Å²) in [4.78, 5) is 10.4. The summed E-state index contributed by atoms with van der Waals surface area (Å²) in [5, 5.41) is 7.46. The van der Waals surface area contributed by atoms with Gasteiger partial charge in [-0.2, -0.15) is 0 Å². The third kappa shape index (κ3) is 4.68. The van der Waals surface area contributed by atoms with Crippen molar-refractivity contribution in [3.05, 3.63) is 163 Å². The Hall–Kier alpha value is -4.65. The molecule has 0 N–H and O–H groups in total. The van der Waals surface area contributed by atoms with E-state index in [2.05, 4.69) is 146 Å². The van der Waals surface area contributed by atoms with Gasteiger partial charge in [0.15, 0.2) is 0 Å². The highest BCUT2D eigenvalue weighted by molar-refractivity contribution is 7.80. The van der Waals surface area contributed by atoms with E-state index in [9.17, 15) is 0 Å². The molecular weight excluding hydrogens is 503 g/mol. The summed E-state index contributed by atoms with van der Waals surface area (Å²) in [7, 11) is -0.837. The molecule has 0 bridgehead atoms. The Morgan fingerprint density at radius 2 is 1.05 bits per heavy atom. The fourth-order valence-corrected chi connectivity index (χ4v) is 7.92. The molecule has 6 aromatic carbocycles. The Morgan fingerprint density at radius 1 is 0.475 bits per heavy atom. The highest BCUT2D eigenvalue weighted by Gasteiger charge is 2.24. The summed E-state index contributed by atoms with van der Waals surface area (Å²) < 4.78 is 0. The molecule has 7 rings (SSSR count). The van der Waals surface area contributed by atoms with Gasteiger partial charge in [0.25, 0.3) is 0 Å². The van der Waals surface area contributed by atoms with E-state index in [1.807, 2.05) is 6.07 Å². The van der Waals surface area contributed by atoms with E-state index in [4.69, 9.17) is 9.97 Å². The lowest BCUT2D eigenvalue weighted by Gasteiger charge is -2.24. The van der Waals surface area contributed by atoms with Gasteiger partial charge in [0.1, 0.15) is 5.82 Å². The van der Waals surface area contributed by atoms with Gasteiger partial charge in [0, 0.05) is 17.4 Å². The van der Waals surface area contributed by atoms with Crippen LogP contribution in [0.3, 0.4) is 0 Å². The van der Waals surface area contributed by atoms with Crippen molar-refractivity contribution in [1.29, 1.82) is 0 Å². The quantitative estimate of drug-likeness (QED) is 0.205. The number of para-hydroxylation sites is 1. The van der Waals surface area contributed by atoms with Gasteiger partial charge >= 0.3 is 0 Å². The summed E-state index contributed by atoms with van der Waals surface area (Å²) in [6.07, 6.45) is 0.685. The Morgan fingerprint density at radius 3 is 1.75 bits per heavy atom. The summed E-state index contributed by atoms with van der Waals surface area (Å²) in [5.41, 5.74) is 4.38. The van der Waals surface area contributed by atoms with Crippen LogP contribution in [0.25, 0.3) is 32.9 Å². The van der Waals surface area contributed by atoms with Crippen molar-refractivity contribution in [1.82, 2.24) is 9.97 Å². The standard InChI is InChI=1S/C37H27N2P/c1-4-14-27(15-5-1)26-35-38-33-23-13-12-22-32(33)37(39-35)36-31-21-11-10-16-28(31)24-25-34(36)40(29-17-6-2-7-18-29)30-19-8-3-9-20-30/h1-25H,26H2. The van der Waals surface area contributed by atoms with Gasteiger partial charge in [-0.1, -0.05) is 146 Å². The average Bonchev–Trinajstić information content (AvgIpc) is 3.02. The first-order valence-electron chi connectivity index (χ1n) is 13.6. The van der Waals surface area contributed by atoms with Crippen LogP contribution in [-0.2, 0) is 6.42 Å². The van der Waals surface area contributed by atoms with E-state index >= 15 is 0 Å². The van der Waals surface area contributed by atoms with Crippen LogP contribution in [0.2, 0.25) is 0 Å². The van der Waals surface area contributed by atoms with Gasteiger partial charge in [-0.3, -0.25) is 0 Å². The minimum absolute atomic E-state index is 0.685. The number of rotatable bonds is 6. The van der Waals surface area contributed by atoms with Crippen molar-refractivity contribution in [2.75, 3.05) is 0 Å². The zero-order valence-corrected chi connectivity index (χ0v) is 22.9. The van der Waals surface area contributed by atoms with Crippen LogP contribution >= 0.6 is 7.92 Å². The predicted molar refractivity (Wildman–Crippen MR) is 170 cm³/mol. The van der Waals surface area contributed by atoms with Crippen molar-refractivity contribution >= 4 is 45.5 Å². The molecule has 0 atom stereocenters. The number of hydrogen-bond acceptors (Lipinski definition) is 2. The second kappa shape index (κ2) is 10.8. The molecular formula is C37H27N2P. The van der Waals surface area contributed by atoms with Crippen molar-refractivity contribution in [3.63, 3.8) is 0 Å². The van der Waals surface area contributed by atoms with Gasteiger partial charge in [-0.05, 0) is 46.2 Å². The van der Waals surface area contributed by atoms with Gasteiger partial charge < -0.3 is 0 Å². The number of hydrogen-bond donors (Lipinski definition) is 0. The molecule has 0 radical (unpaired) electrons. The molecule has 190 valence electrons. The van der Waals surface area contributed by atoms with Crippen LogP contribution in [-0.4, -0.2) is 9.97 Å². The Labute approximate surface area is 235 Å². The minimum atomic E-state index is -0.837. The van der Waals surface area contributed by atoms with E-state index in [0.29, 0.717) is 6.42 Å². The zero-order valence-electron chi connectivity index (χ0n) is 22.0. The smallest absolute Gasteiger partial charge is 0.134 e. The van der Waals surface area contributed by atoms with E-state index in [0.717, 1.165) is 22.4 Å².